The van der Waals surface area contributed by atoms with Crippen molar-refractivity contribution in [2.24, 2.45) is 5.73 Å². The lowest BCUT2D eigenvalue weighted by Gasteiger charge is -2.17. The summed E-state index contributed by atoms with van der Waals surface area (Å²) in [7, 11) is -4.50. The van der Waals surface area contributed by atoms with E-state index in [9.17, 15) is 26.8 Å². The fourth-order valence-corrected chi connectivity index (χ4v) is 5.43. The maximum atomic E-state index is 13.9. The van der Waals surface area contributed by atoms with Crippen LogP contribution in [0.1, 0.15) is 39.7 Å². The van der Waals surface area contributed by atoms with Gasteiger partial charge in [0.25, 0.3) is 16.0 Å². The van der Waals surface area contributed by atoms with Crippen LogP contribution >= 0.6 is 11.3 Å². The molecule has 0 spiro atoms. The standard InChI is InChI=1S/C16H13F2NO5S2/c17-8-4-5-9(11(18)6-8)14(16(19)21)24-26(22,23)13-7-25-15-10(13)2-1-3-12(15)20/h4-7,14H,1-3H2,(H2,19,21). The third-order valence-electron chi connectivity index (χ3n) is 3.93. The number of nitrogens with two attached hydrogens (primary N) is 1. The Morgan fingerprint density at radius 3 is 2.65 bits per heavy atom. The van der Waals surface area contributed by atoms with E-state index < -0.39 is 39.3 Å². The summed E-state index contributed by atoms with van der Waals surface area (Å²) >= 11 is 0.975. The van der Waals surface area contributed by atoms with Gasteiger partial charge in [-0.3, -0.25) is 9.59 Å². The van der Waals surface area contributed by atoms with Crippen LogP contribution in [0.15, 0.2) is 28.5 Å². The van der Waals surface area contributed by atoms with Gasteiger partial charge in [-0.05, 0) is 30.5 Å². The molecule has 0 aliphatic heterocycles. The van der Waals surface area contributed by atoms with Crippen LogP contribution in [-0.4, -0.2) is 20.1 Å². The van der Waals surface area contributed by atoms with Crippen molar-refractivity contribution in [1.29, 1.82) is 0 Å². The average Bonchev–Trinajstić information content (AvgIpc) is 2.99. The summed E-state index contributed by atoms with van der Waals surface area (Å²) in [6.45, 7) is 0. The minimum atomic E-state index is -4.50. The molecule has 2 N–H and O–H groups in total. The lowest BCUT2D eigenvalue weighted by Crippen LogP contribution is -2.27. The van der Waals surface area contributed by atoms with Crippen LogP contribution in [-0.2, 0) is 25.5 Å². The zero-order valence-electron chi connectivity index (χ0n) is 13.2. The van der Waals surface area contributed by atoms with Gasteiger partial charge in [0.15, 0.2) is 11.9 Å². The third-order valence-corrected chi connectivity index (χ3v) is 6.50. The Morgan fingerprint density at radius 2 is 2.00 bits per heavy atom. The smallest absolute Gasteiger partial charge is 0.299 e. The van der Waals surface area contributed by atoms with Gasteiger partial charge in [-0.15, -0.1) is 11.3 Å². The van der Waals surface area contributed by atoms with Gasteiger partial charge in [0, 0.05) is 23.4 Å². The van der Waals surface area contributed by atoms with Crippen molar-refractivity contribution in [2.75, 3.05) is 0 Å². The molecule has 0 fully saturated rings. The number of benzene rings is 1. The highest BCUT2D eigenvalue weighted by Gasteiger charge is 2.34. The van der Waals surface area contributed by atoms with Crippen molar-refractivity contribution in [3.05, 3.63) is 51.2 Å². The molecule has 0 radical (unpaired) electrons. The molecule has 1 amide bonds. The lowest BCUT2D eigenvalue weighted by molar-refractivity contribution is -0.124. The topological polar surface area (TPSA) is 104 Å². The first-order valence-electron chi connectivity index (χ1n) is 7.52. The molecule has 0 saturated heterocycles. The molecule has 3 rings (SSSR count). The van der Waals surface area contributed by atoms with Crippen molar-refractivity contribution >= 4 is 33.1 Å². The first kappa shape index (κ1) is 18.6. The number of thiophene rings is 1. The molecule has 6 nitrogen and oxygen atoms in total. The Bertz CT molecular complexity index is 1000. The highest BCUT2D eigenvalue weighted by molar-refractivity contribution is 7.87. The number of halogens is 2. The van der Waals surface area contributed by atoms with Gasteiger partial charge >= 0.3 is 0 Å². The SMILES string of the molecule is NC(=O)C(OS(=O)(=O)c1csc2c1CCCC2=O)c1ccc(F)cc1F. The van der Waals surface area contributed by atoms with Crippen LogP contribution in [0.25, 0.3) is 0 Å². The summed E-state index contributed by atoms with van der Waals surface area (Å²) in [5.41, 5.74) is 4.99. The zero-order chi connectivity index (χ0) is 19.1. The molecule has 1 aliphatic carbocycles. The number of Topliss-reactive ketones (excluding diaryl/α,β-unsaturated/α-hetero) is 1. The van der Waals surface area contributed by atoms with E-state index in [1.54, 1.807) is 0 Å². The van der Waals surface area contributed by atoms with Gasteiger partial charge in [0.05, 0.1) is 4.88 Å². The molecular weight excluding hydrogens is 388 g/mol. The highest BCUT2D eigenvalue weighted by atomic mass is 32.2. The molecule has 1 unspecified atom stereocenters. The Labute approximate surface area is 151 Å². The summed E-state index contributed by atoms with van der Waals surface area (Å²) in [4.78, 5) is 23.6. The predicted molar refractivity (Wildman–Crippen MR) is 88.2 cm³/mol. The molecule has 26 heavy (non-hydrogen) atoms. The van der Waals surface area contributed by atoms with E-state index in [1.807, 2.05) is 0 Å². The van der Waals surface area contributed by atoms with E-state index in [-0.39, 0.29) is 10.7 Å². The minimum Gasteiger partial charge on any atom is -0.367 e. The van der Waals surface area contributed by atoms with Gasteiger partial charge < -0.3 is 5.73 Å². The number of fused-ring (bicyclic) bond motifs is 1. The Hall–Kier alpha value is -2.17. The van der Waals surface area contributed by atoms with Crippen LogP contribution in [0.5, 0.6) is 0 Å². The Balaban J connectivity index is 1.99. The van der Waals surface area contributed by atoms with E-state index in [1.165, 1.54) is 5.38 Å². The van der Waals surface area contributed by atoms with Crippen LogP contribution in [0.2, 0.25) is 0 Å². The summed E-state index contributed by atoms with van der Waals surface area (Å²) in [6, 6.07) is 2.24. The predicted octanol–water partition coefficient (Wildman–Crippen LogP) is 2.48. The van der Waals surface area contributed by atoms with Gasteiger partial charge in [-0.1, -0.05) is 0 Å². The third kappa shape index (κ3) is 3.39. The molecule has 1 heterocycles. The number of ketones is 1. The van der Waals surface area contributed by atoms with Crippen LogP contribution < -0.4 is 5.73 Å². The van der Waals surface area contributed by atoms with Crippen molar-refractivity contribution in [2.45, 2.75) is 30.3 Å². The van der Waals surface area contributed by atoms with E-state index >= 15 is 0 Å². The number of hydrogen-bond donors (Lipinski definition) is 1. The molecule has 1 aliphatic rings. The Morgan fingerprint density at radius 1 is 1.27 bits per heavy atom. The monoisotopic (exact) mass is 401 g/mol. The number of amides is 1. The van der Waals surface area contributed by atoms with Gasteiger partial charge in [0.1, 0.15) is 16.5 Å². The number of carbonyl (C=O) groups excluding carboxylic acids is 2. The lowest BCUT2D eigenvalue weighted by atomic mass is 9.98. The quantitative estimate of drug-likeness (QED) is 0.775. The van der Waals surface area contributed by atoms with Crippen molar-refractivity contribution < 1.29 is 31.0 Å². The zero-order valence-corrected chi connectivity index (χ0v) is 14.8. The molecule has 2 aromatic rings. The summed E-state index contributed by atoms with van der Waals surface area (Å²) in [5, 5.41) is 1.25. The van der Waals surface area contributed by atoms with Gasteiger partial charge in [-0.25, -0.2) is 13.0 Å². The molecule has 1 aromatic heterocycles. The maximum Gasteiger partial charge on any atom is 0.299 e. The molecule has 10 heteroatoms. The Kier molecular flexibility index (Phi) is 4.91. The largest absolute Gasteiger partial charge is 0.367 e. The summed E-state index contributed by atoms with van der Waals surface area (Å²) in [5.74, 6) is -3.47. The molecule has 1 atom stereocenters. The van der Waals surface area contributed by atoms with Crippen LogP contribution in [0.4, 0.5) is 8.78 Å². The molecule has 1 aromatic carbocycles. The minimum absolute atomic E-state index is 0.159. The number of primary amides is 1. The second-order valence-corrected chi connectivity index (χ2v) is 8.10. The normalized spacial score (nSPS) is 15.5. The average molecular weight is 401 g/mol. The highest BCUT2D eigenvalue weighted by Crippen LogP contribution is 2.35. The molecule has 138 valence electrons. The number of hydrogen-bond acceptors (Lipinski definition) is 6. The van der Waals surface area contributed by atoms with Crippen molar-refractivity contribution in [3.63, 3.8) is 0 Å². The fourth-order valence-electron chi connectivity index (χ4n) is 2.73. The first-order chi connectivity index (χ1) is 12.2. The number of carbonyl (C=O) groups is 2. The van der Waals surface area contributed by atoms with Gasteiger partial charge in [-0.2, -0.15) is 8.42 Å². The molecule has 0 bridgehead atoms. The van der Waals surface area contributed by atoms with E-state index in [2.05, 4.69) is 0 Å². The van der Waals surface area contributed by atoms with Crippen LogP contribution in [0.3, 0.4) is 0 Å². The van der Waals surface area contributed by atoms with E-state index in [4.69, 9.17) is 9.92 Å². The fraction of sp³-hybridized carbons (Fsp3) is 0.250. The van der Waals surface area contributed by atoms with E-state index in [0.29, 0.717) is 35.8 Å². The number of rotatable bonds is 5. The first-order valence-corrected chi connectivity index (χ1v) is 9.80. The van der Waals surface area contributed by atoms with Crippen molar-refractivity contribution in [1.82, 2.24) is 0 Å². The van der Waals surface area contributed by atoms with Crippen molar-refractivity contribution in [3.8, 4) is 0 Å². The second-order valence-electron chi connectivity index (χ2n) is 5.68. The summed E-state index contributed by atoms with van der Waals surface area (Å²) < 4.78 is 57.1. The van der Waals surface area contributed by atoms with E-state index in [0.717, 1.165) is 23.5 Å². The maximum absolute atomic E-state index is 13.9. The molecular formula is C16H13F2NO5S2. The van der Waals surface area contributed by atoms with Crippen LogP contribution in [0, 0.1) is 11.6 Å². The molecule has 0 saturated carbocycles. The second kappa shape index (κ2) is 6.86. The van der Waals surface area contributed by atoms with Gasteiger partial charge in [0.2, 0.25) is 0 Å². The summed E-state index contributed by atoms with van der Waals surface area (Å²) in [6.07, 6.45) is -0.764.